The largest absolute Gasteiger partial charge is 0.451 e. The summed E-state index contributed by atoms with van der Waals surface area (Å²) in [5.74, 6) is -0.999. The van der Waals surface area contributed by atoms with Crippen LogP contribution in [-0.2, 0) is 10.6 Å². The second-order valence-electron chi connectivity index (χ2n) is 5.93. The van der Waals surface area contributed by atoms with E-state index in [-0.39, 0.29) is 16.0 Å². The van der Waals surface area contributed by atoms with Gasteiger partial charge in [-0.25, -0.2) is 4.98 Å². The van der Waals surface area contributed by atoms with E-state index in [1.54, 1.807) is 36.4 Å². The third kappa shape index (κ3) is 6.07. The van der Waals surface area contributed by atoms with Crippen LogP contribution in [0.5, 0.6) is 0 Å². The summed E-state index contributed by atoms with van der Waals surface area (Å²) in [5.41, 5.74) is 3.17. The van der Waals surface area contributed by atoms with Crippen molar-refractivity contribution in [1.82, 2.24) is 4.98 Å². The number of carbonyl (C=O) groups excluding carboxylic acids is 1. The number of aromatic nitrogens is 1. The predicted molar refractivity (Wildman–Crippen MR) is 111 cm³/mol. The first-order chi connectivity index (χ1) is 13.1. The van der Waals surface area contributed by atoms with Crippen molar-refractivity contribution in [3.8, 4) is 11.5 Å². The smallest absolute Gasteiger partial charge is 0.431 e. The molecule has 2 aromatic carbocycles. The highest BCUT2D eigenvalue weighted by atomic mass is 127. The van der Waals surface area contributed by atoms with Crippen LogP contribution in [-0.4, -0.2) is 10.2 Å². The zero-order valence-electron chi connectivity index (χ0n) is 15.0. The lowest BCUT2D eigenvalue weighted by Crippen LogP contribution is -2.05. The van der Waals surface area contributed by atoms with Crippen LogP contribution in [0.25, 0.3) is 11.5 Å². The fourth-order valence-corrected chi connectivity index (χ4v) is 2.81. The van der Waals surface area contributed by atoms with Gasteiger partial charge in [0, 0.05) is 15.6 Å². The van der Waals surface area contributed by atoms with Crippen LogP contribution in [0.2, 0.25) is 0 Å². The van der Waals surface area contributed by atoms with E-state index in [1.165, 1.54) is 0 Å². The van der Waals surface area contributed by atoms with Crippen LogP contribution >= 0.6 is 34.2 Å². The van der Waals surface area contributed by atoms with Gasteiger partial charge in [0.1, 0.15) is 5.69 Å². The first kappa shape index (κ1) is 22.4. The molecule has 0 saturated heterocycles. The molecule has 0 saturated carbocycles. The maximum Gasteiger partial charge on any atom is 0.451 e. The molecule has 0 N–H and O–H groups in total. The Morgan fingerprint density at radius 2 is 1.54 bits per heavy atom. The van der Waals surface area contributed by atoms with Gasteiger partial charge in [0.25, 0.3) is 5.24 Å². The van der Waals surface area contributed by atoms with Crippen molar-refractivity contribution in [3.63, 3.8) is 0 Å². The molecule has 8 heteroatoms. The molecule has 0 aliphatic carbocycles. The van der Waals surface area contributed by atoms with Crippen molar-refractivity contribution < 1.29 is 22.4 Å². The Kier molecular flexibility index (Phi) is 7.65. The zero-order chi connectivity index (χ0) is 20.9. The summed E-state index contributed by atoms with van der Waals surface area (Å²) in [6, 6.07) is 14.1. The summed E-state index contributed by atoms with van der Waals surface area (Å²) in [7, 11) is 0. The van der Waals surface area contributed by atoms with E-state index >= 15 is 0 Å². The number of carbonyl (C=O) groups is 1. The number of hydrogen-bond acceptors (Lipinski definition) is 3. The summed E-state index contributed by atoms with van der Waals surface area (Å²) < 4.78 is 43.1. The van der Waals surface area contributed by atoms with Crippen LogP contribution in [0, 0.1) is 13.8 Å². The van der Waals surface area contributed by atoms with Gasteiger partial charge >= 0.3 is 6.18 Å². The molecule has 0 radical (unpaired) electrons. The van der Waals surface area contributed by atoms with Crippen molar-refractivity contribution in [1.29, 1.82) is 0 Å². The van der Waals surface area contributed by atoms with Gasteiger partial charge in [-0.3, -0.25) is 4.79 Å². The molecule has 0 atom stereocenters. The van der Waals surface area contributed by atoms with Crippen molar-refractivity contribution in [3.05, 3.63) is 76.7 Å². The first-order valence-electron chi connectivity index (χ1n) is 8.08. The minimum absolute atomic E-state index is 0.00833. The molecule has 0 spiro atoms. The number of hydrogen-bond donors (Lipinski definition) is 0. The van der Waals surface area contributed by atoms with E-state index in [0.29, 0.717) is 11.1 Å². The number of halogens is 5. The maximum absolute atomic E-state index is 12.7. The summed E-state index contributed by atoms with van der Waals surface area (Å²) in [6.45, 7) is 3.86. The van der Waals surface area contributed by atoms with Crippen molar-refractivity contribution in [2.75, 3.05) is 0 Å². The van der Waals surface area contributed by atoms with Gasteiger partial charge in [0.15, 0.2) is 0 Å². The van der Waals surface area contributed by atoms with E-state index in [1.807, 2.05) is 48.6 Å². The molecule has 1 aromatic heterocycles. The number of oxazole rings is 1. The fraction of sp³-hybridized carbons (Fsp3) is 0.200. The first-order valence-corrected chi connectivity index (χ1v) is 9.98. The SMILES string of the molecule is Cc1ccc(-c2nc(CI)c(C(F)(F)F)o2)cc1.Cc1ccc(C(=O)Cl)cc1. The van der Waals surface area contributed by atoms with E-state index in [4.69, 9.17) is 16.0 Å². The van der Waals surface area contributed by atoms with Crippen molar-refractivity contribution >= 4 is 39.4 Å². The van der Waals surface area contributed by atoms with Crippen LogP contribution in [0.1, 0.15) is 32.9 Å². The van der Waals surface area contributed by atoms with Gasteiger partial charge in [-0.1, -0.05) is 58.0 Å². The van der Waals surface area contributed by atoms with Gasteiger partial charge < -0.3 is 4.42 Å². The van der Waals surface area contributed by atoms with Crippen LogP contribution in [0.3, 0.4) is 0 Å². The molecular formula is C20H16ClF3INO2. The minimum Gasteiger partial charge on any atom is -0.431 e. The van der Waals surface area contributed by atoms with E-state index in [2.05, 4.69) is 4.98 Å². The molecule has 0 amide bonds. The Labute approximate surface area is 179 Å². The number of aryl methyl sites for hydroxylation is 2. The highest BCUT2D eigenvalue weighted by molar-refractivity contribution is 14.1. The lowest BCUT2D eigenvalue weighted by atomic mass is 10.1. The Morgan fingerprint density at radius 3 is 1.93 bits per heavy atom. The molecule has 0 aliphatic rings. The molecule has 148 valence electrons. The monoisotopic (exact) mass is 521 g/mol. The summed E-state index contributed by atoms with van der Waals surface area (Å²) in [6.07, 6.45) is -4.50. The van der Waals surface area contributed by atoms with Gasteiger partial charge in [-0.05, 0) is 49.7 Å². The van der Waals surface area contributed by atoms with Gasteiger partial charge in [-0.2, -0.15) is 13.2 Å². The average Bonchev–Trinajstić information content (AvgIpc) is 3.08. The highest BCUT2D eigenvalue weighted by Gasteiger charge is 2.39. The number of rotatable bonds is 3. The highest BCUT2D eigenvalue weighted by Crippen LogP contribution is 2.36. The van der Waals surface area contributed by atoms with E-state index in [9.17, 15) is 18.0 Å². The second kappa shape index (κ2) is 9.56. The van der Waals surface area contributed by atoms with Crippen molar-refractivity contribution in [2.45, 2.75) is 24.5 Å². The number of alkyl halides is 4. The normalized spacial score (nSPS) is 11.0. The Bertz CT molecular complexity index is 936. The lowest BCUT2D eigenvalue weighted by Gasteiger charge is -2.02. The molecular weight excluding hydrogens is 506 g/mol. The molecule has 0 bridgehead atoms. The topological polar surface area (TPSA) is 43.1 Å². The lowest BCUT2D eigenvalue weighted by molar-refractivity contribution is -0.153. The molecule has 3 aromatic rings. The molecule has 0 fully saturated rings. The molecule has 3 rings (SSSR count). The van der Waals surface area contributed by atoms with Crippen LogP contribution < -0.4 is 0 Å². The second-order valence-corrected chi connectivity index (χ2v) is 7.04. The molecule has 0 aliphatic heterocycles. The Morgan fingerprint density at radius 1 is 1.04 bits per heavy atom. The molecule has 3 nitrogen and oxygen atoms in total. The third-order valence-corrected chi connectivity index (χ3v) is 4.60. The summed E-state index contributed by atoms with van der Waals surface area (Å²) in [4.78, 5) is 14.4. The van der Waals surface area contributed by atoms with Gasteiger partial charge in [-0.15, -0.1) is 0 Å². The minimum atomic E-state index is -4.50. The maximum atomic E-state index is 12.7. The van der Waals surface area contributed by atoms with Crippen LogP contribution in [0.4, 0.5) is 13.2 Å². The van der Waals surface area contributed by atoms with Gasteiger partial charge in [0.05, 0.1) is 0 Å². The van der Waals surface area contributed by atoms with E-state index < -0.39 is 17.2 Å². The third-order valence-electron chi connectivity index (χ3n) is 3.66. The molecule has 28 heavy (non-hydrogen) atoms. The fourth-order valence-electron chi connectivity index (χ4n) is 2.17. The van der Waals surface area contributed by atoms with Crippen molar-refractivity contribution in [2.24, 2.45) is 0 Å². The Hall–Kier alpha value is -1.87. The predicted octanol–water partition coefficient (Wildman–Crippen LogP) is 6.98. The summed E-state index contributed by atoms with van der Waals surface area (Å²) in [5, 5.41) is -0.403. The van der Waals surface area contributed by atoms with Gasteiger partial charge in [0.2, 0.25) is 11.7 Å². The number of nitrogens with zero attached hydrogens (tertiary/aromatic N) is 1. The standard InChI is InChI=1S/C12H9F3INO.C8H7ClO/c1-7-2-4-8(5-3-7)11-17-9(6-16)10(18-11)12(13,14)15;1-6-2-4-7(5-3-6)8(9)10/h2-5H,6H2,1H3;2-5H,1H3. The Balaban J connectivity index is 0.000000237. The average molecular weight is 522 g/mol. The zero-order valence-corrected chi connectivity index (χ0v) is 17.9. The van der Waals surface area contributed by atoms with E-state index in [0.717, 1.165) is 11.1 Å². The number of benzene rings is 2. The summed E-state index contributed by atoms with van der Waals surface area (Å²) >= 11 is 7.05. The molecule has 1 heterocycles. The quantitative estimate of drug-likeness (QED) is 0.212. The molecule has 0 unspecified atom stereocenters. The van der Waals surface area contributed by atoms with Crippen LogP contribution in [0.15, 0.2) is 52.9 Å².